The van der Waals surface area contributed by atoms with E-state index in [2.05, 4.69) is 5.32 Å². The molecule has 10 heteroatoms. The van der Waals surface area contributed by atoms with Crippen LogP contribution in [0.4, 0.5) is 0 Å². The lowest BCUT2D eigenvalue weighted by Crippen LogP contribution is -2.49. The van der Waals surface area contributed by atoms with Crippen molar-refractivity contribution in [3.05, 3.63) is 35.9 Å². The third kappa shape index (κ3) is 5.08. The molecule has 0 unspecified atom stereocenters. The smallest absolute Gasteiger partial charge is 0.330 e. The summed E-state index contributed by atoms with van der Waals surface area (Å²) in [4.78, 5) is 46.0. The van der Waals surface area contributed by atoms with Crippen LogP contribution >= 0.6 is 0 Å². The molecule has 1 aromatic heterocycles. The summed E-state index contributed by atoms with van der Waals surface area (Å²) in [6, 6.07) is 5.61. The molecule has 3 heterocycles. The number of nitrogens with one attached hydrogen (secondary N) is 1. The average molecular weight is 564 g/mol. The van der Waals surface area contributed by atoms with Crippen LogP contribution < -0.4 is 19.5 Å². The lowest BCUT2D eigenvalue weighted by atomic mass is 9.93. The van der Waals surface area contributed by atoms with Crippen LogP contribution in [0.5, 0.6) is 17.4 Å². The Hall–Kier alpha value is -3.82. The van der Waals surface area contributed by atoms with Crippen LogP contribution in [0.2, 0.25) is 0 Å². The van der Waals surface area contributed by atoms with Crippen molar-refractivity contribution >= 4 is 28.7 Å². The van der Waals surface area contributed by atoms with Gasteiger partial charge in [-0.15, -0.1) is 0 Å². The van der Waals surface area contributed by atoms with Crippen molar-refractivity contribution in [2.75, 3.05) is 26.8 Å². The lowest BCUT2D eigenvalue weighted by molar-refractivity contribution is -0.145. The summed E-state index contributed by atoms with van der Waals surface area (Å²) in [7, 11) is 1.77. The predicted molar refractivity (Wildman–Crippen MR) is 150 cm³/mol. The molecule has 0 radical (unpaired) electrons. The van der Waals surface area contributed by atoms with E-state index in [-0.39, 0.29) is 11.8 Å². The fraction of sp³-hybridized carbons (Fsp3) is 0.548. The Morgan fingerprint density at radius 2 is 2.07 bits per heavy atom. The van der Waals surface area contributed by atoms with Crippen LogP contribution in [0.3, 0.4) is 0 Å². The Bertz CT molecular complexity index is 1410. The fourth-order valence-corrected chi connectivity index (χ4v) is 6.61. The molecule has 2 N–H and O–H groups in total. The van der Waals surface area contributed by atoms with Crippen LogP contribution in [0, 0.1) is 17.8 Å². The Balaban J connectivity index is 1.31. The number of fused-ring (bicyclic) bond motifs is 5. The van der Waals surface area contributed by atoms with Gasteiger partial charge in [-0.3, -0.25) is 9.59 Å². The first-order chi connectivity index (χ1) is 19.8. The van der Waals surface area contributed by atoms with Crippen molar-refractivity contribution < 1.29 is 33.7 Å². The number of carbonyl (C=O) groups is 3. The molecule has 5 atom stereocenters. The minimum absolute atomic E-state index is 0.106. The number of aliphatic carboxylic acids is 1. The van der Waals surface area contributed by atoms with Gasteiger partial charge in [-0.2, -0.15) is 0 Å². The second kappa shape index (κ2) is 10.9. The van der Waals surface area contributed by atoms with Gasteiger partial charge in [0.1, 0.15) is 23.1 Å². The number of nitrogens with zero attached hydrogens (tertiary/aromatic N) is 2. The van der Waals surface area contributed by atoms with E-state index in [0.717, 1.165) is 47.9 Å². The van der Waals surface area contributed by atoms with Gasteiger partial charge in [-0.25, -0.2) is 9.78 Å². The standard InChI is InChI=1S/C31H37N3O7/c1-3-39-26-16-25(20-9-10-24-21(11-13-40-24)27(20)32-26)41-19-14-22-23(15-19)29(36)34(2)12-7-5-4-6-8-18-17-31(18,30(37)38)33-28(22)35/h6,8-10,16,18-19,22-23H,3-5,7,11-15,17H2,1-2H3,(H,33,35)(H,37,38)/b8-6-/t18-,19-,22-,23-,31-/m1/s1. The van der Waals surface area contributed by atoms with Crippen LogP contribution in [-0.4, -0.2) is 71.2 Å². The van der Waals surface area contributed by atoms with Gasteiger partial charge in [0.25, 0.3) is 0 Å². The average Bonchev–Trinajstić information content (AvgIpc) is 3.26. The molecule has 0 bridgehead atoms. The van der Waals surface area contributed by atoms with E-state index in [1.807, 2.05) is 31.2 Å². The van der Waals surface area contributed by atoms with Gasteiger partial charge < -0.3 is 29.5 Å². The van der Waals surface area contributed by atoms with Crippen molar-refractivity contribution in [3.8, 4) is 17.4 Å². The monoisotopic (exact) mass is 563 g/mol. The number of ether oxygens (including phenoxy) is 3. The first-order valence-electron chi connectivity index (χ1n) is 14.7. The second-order valence-electron chi connectivity index (χ2n) is 11.6. The van der Waals surface area contributed by atoms with Gasteiger partial charge in [-0.1, -0.05) is 12.2 Å². The molecule has 4 aliphatic rings. The van der Waals surface area contributed by atoms with Gasteiger partial charge >= 0.3 is 5.97 Å². The zero-order valence-corrected chi connectivity index (χ0v) is 23.6. The van der Waals surface area contributed by atoms with E-state index >= 15 is 0 Å². The summed E-state index contributed by atoms with van der Waals surface area (Å²) < 4.78 is 18.1. The number of pyridine rings is 1. The van der Waals surface area contributed by atoms with Crippen LogP contribution in [0.15, 0.2) is 30.4 Å². The van der Waals surface area contributed by atoms with Crippen molar-refractivity contribution in [2.45, 2.75) is 63.5 Å². The van der Waals surface area contributed by atoms with Gasteiger partial charge in [0, 0.05) is 42.9 Å². The van der Waals surface area contributed by atoms with Gasteiger partial charge in [0.2, 0.25) is 17.7 Å². The van der Waals surface area contributed by atoms with Crippen LogP contribution in [0.25, 0.3) is 10.9 Å². The molecule has 0 saturated heterocycles. The summed E-state index contributed by atoms with van der Waals surface area (Å²) >= 11 is 0. The molecule has 2 fully saturated rings. The molecule has 41 heavy (non-hydrogen) atoms. The van der Waals surface area contributed by atoms with Crippen LogP contribution in [-0.2, 0) is 20.8 Å². The van der Waals surface area contributed by atoms with Gasteiger partial charge in [0.15, 0.2) is 0 Å². The molecule has 2 saturated carbocycles. The predicted octanol–water partition coefficient (Wildman–Crippen LogP) is 3.50. The van der Waals surface area contributed by atoms with Crippen molar-refractivity contribution in [1.29, 1.82) is 0 Å². The summed E-state index contributed by atoms with van der Waals surface area (Å²) in [5.74, 6) is -1.27. The highest BCUT2D eigenvalue weighted by Crippen LogP contribution is 2.47. The minimum atomic E-state index is -1.31. The van der Waals surface area contributed by atoms with E-state index in [4.69, 9.17) is 19.2 Å². The molecule has 10 nitrogen and oxygen atoms in total. The quantitative estimate of drug-likeness (QED) is 0.530. The largest absolute Gasteiger partial charge is 0.493 e. The Labute approximate surface area is 239 Å². The van der Waals surface area contributed by atoms with E-state index in [0.29, 0.717) is 50.7 Å². The SMILES string of the molecule is CCOc1cc(O[C@@H]2C[C@H]3C(=O)N[C@]4(C(=O)O)C[C@H]4/C=C\CCCCN(C)C(=O)[C@@H]3C2)c2ccc3c(c2n1)CCO3. The number of allylic oxidation sites excluding steroid dienone is 1. The number of amides is 2. The molecular weight excluding hydrogens is 526 g/mol. The van der Waals surface area contributed by atoms with E-state index in [9.17, 15) is 19.5 Å². The van der Waals surface area contributed by atoms with Crippen molar-refractivity contribution in [3.63, 3.8) is 0 Å². The summed E-state index contributed by atoms with van der Waals surface area (Å²) in [5.41, 5.74) is 0.464. The van der Waals surface area contributed by atoms with Gasteiger partial charge in [-0.05, 0) is 57.6 Å². The number of benzene rings is 1. The molecule has 218 valence electrons. The second-order valence-corrected chi connectivity index (χ2v) is 11.6. The van der Waals surface area contributed by atoms with Crippen LogP contribution in [0.1, 0.15) is 51.0 Å². The number of aromatic nitrogens is 1. The molecule has 2 aliphatic carbocycles. The van der Waals surface area contributed by atoms with E-state index < -0.39 is 35.4 Å². The Kier molecular flexibility index (Phi) is 7.25. The highest BCUT2D eigenvalue weighted by molar-refractivity contribution is 5.94. The highest BCUT2D eigenvalue weighted by Gasteiger charge is 2.61. The number of hydrogen-bond acceptors (Lipinski definition) is 7. The maximum absolute atomic E-state index is 13.7. The number of hydrogen-bond donors (Lipinski definition) is 2. The van der Waals surface area contributed by atoms with Crippen molar-refractivity contribution in [1.82, 2.24) is 15.2 Å². The fourth-order valence-electron chi connectivity index (χ4n) is 6.61. The Morgan fingerprint density at radius 1 is 1.24 bits per heavy atom. The van der Waals surface area contributed by atoms with E-state index in [1.54, 1.807) is 18.0 Å². The maximum Gasteiger partial charge on any atom is 0.330 e. The summed E-state index contributed by atoms with van der Waals surface area (Å²) in [5, 5.41) is 13.7. The topological polar surface area (TPSA) is 127 Å². The number of carboxylic acids is 1. The molecule has 6 rings (SSSR count). The molecule has 2 aromatic rings. The van der Waals surface area contributed by atoms with Gasteiger partial charge in [0.05, 0.1) is 30.6 Å². The molecule has 2 amide bonds. The molecule has 1 aromatic carbocycles. The van der Waals surface area contributed by atoms with Crippen molar-refractivity contribution in [2.24, 2.45) is 17.8 Å². The number of carboxylic acid groups (broad SMARTS) is 1. The number of carbonyl (C=O) groups excluding carboxylic acids is 2. The third-order valence-corrected chi connectivity index (χ3v) is 8.95. The molecular formula is C31H37N3O7. The Morgan fingerprint density at radius 3 is 2.88 bits per heavy atom. The normalized spacial score (nSPS) is 30.3. The molecule has 0 spiro atoms. The maximum atomic E-state index is 13.7. The lowest BCUT2D eigenvalue weighted by Gasteiger charge is -2.26. The summed E-state index contributed by atoms with van der Waals surface area (Å²) in [6.45, 7) is 3.53. The number of rotatable bonds is 5. The first-order valence-corrected chi connectivity index (χ1v) is 14.7. The minimum Gasteiger partial charge on any atom is -0.493 e. The third-order valence-electron chi connectivity index (χ3n) is 8.95. The zero-order chi connectivity index (χ0) is 28.7. The first kappa shape index (κ1) is 27.4. The highest BCUT2D eigenvalue weighted by atomic mass is 16.5. The molecule has 2 aliphatic heterocycles. The zero-order valence-electron chi connectivity index (χ0n) is 23.6. The van der Waals surface area contributed by atoms with E-state index in [1.165, 1.54) is 0 Å². The summed E-state index contributed by atoms with van der Waals surface area (Å²) in [6.07, 6.45) is 7.78.